The Morgan fingerprint density at radius 3 is 2.50 bits per heavy atom. The van der Waals surface area contributed by atoms with E-state index in [1.165, 1.54) is 20.3 Å². The van der Waals surface area contributed by atoms with E-state index in [1.54, 1.807) is 12.1 Å². The number of hydrogen-bond donors (Lipinski definition) is 0. The van der Waals surface area contributed by atoms with Gasteiger partial charge in [-0.2, -0.15) is 0 Å². The molecule has 0 aliphatic carbocycles. The van der Waals surface area contributed by atoms with E-state index in [-0.39, 0.29) is 17.2 Å². The minimum absolute atomic E-state index is 0.195. The second kappa shape index (κ2) is 6.76. The molecule has 8 heteroatoms. The lowest BCUT2D eigenvalue weighted by Crippen LogP contribution is -2.13. The molecule has 2 rings (SSSR count). The van der Waals surface area contributed by atoms with Gasteiger partial charge >= 0.3 is 11.9 Å². The number of rotatable bonds is 5. The minimum atomic E-state index is -0.605. The van der Waals surface area contributed by atoms with Crippen LogP contribution in [0.25, 0.3) is 10.1 Å². The highest BCUT2D eigenvalue weighted by Crippen LogP contribution is 2.39. The fourth-order valence-electron chi connectivity index (χ4n) is 1.76. The molecule has 2 aromatic rings. The third-order valence-corrected chi connectivity index (χ3v) is 4.14. The molecule has 0 spiro atoms. The maximum atomic E-state index is 11.8. The van der Waals surface area contributed by atoms with Crippen molar-refractivity contribution in [2.75, 3.05) is 20.8 Å². The Morgan fingerprint density at radius 2 is 1.91 bits per heavy atom. The van der Waals surface area contributed by atoms with E-state index < -0.39 is 17.2 Å². The van der Waals surface area contributed by atoms with Gasteiger partial charge in [0.1, 0.15) is 0 Å². The minimum Gasteiger partial charge on any atom is -0.479 e. The molecule has 116 valence electrons. The van der Waals surface area contributed by atoms with E-state index in [1.807, 2.05) is 0 Å². The summed E-state index contributed by atoms with van der Waals surface area (Å²) in [5.74, 6) is -0.964. The second-order valence-corrected chi connectivity index (χ2v) is 5.50. The first-order valence-corrected chi connectivity index (χ1v) is 7.21. The zero-order chi connectivity index (χ0) is 16.3. The van der Waals surface area contributed by atoms with Crippen molar-refractivity contribution in [2.24, 2.45) is 0 Å². The molecule has 0 unspecified atom stereocenters. The van der Waals surface area contributed by atoms with Gasteiger partial charge in [0.25, 0.3) is 5.24 Å². The van der Waals surface area contributed by atoms with Gasteiger partial charge < -0.3 is 14.2 Å². The van der Waals surface area contributed by atoms with Crippen LogP contribution in [-0.4, -0.2) is 38.0 Å². The Bertz CT molecular complexity index is 751. The fourth-order valence-corrected chi connectivity index (χ4v) is 2.98. The SMILES string of the molecule is COC(=O)COc1c(C(=O)OC)sc2cc(C(=O)Cl)ccc12. The molecule has 0 saturated carbocycles. The molecule has 0 aliphatic heterocycles. The molecule has 0 bridgehead atoms. The highest BCUT2D eigenvalue weighted by Gasteiger charge is 2.22. The zero-order valence-electron chi connectivity index (χ0n) is 11.7. The number of fused-ring (bicyclic) bond motifs is 1. The Hall–Kier alpha value is -2.12. The van der Waals surface area contributed by atoms with Gasteiger partial charge in [0.15, 0.2) is 17.2 Å². The van der Waals surface area contributed by atoms with E-state index >= 15 is 0 Å². The van der Waals surface area contributed by atoms with E-state index in [0.717, 1.165) is 11.3 Å². The van der Waals surface area contributed by atoms with Crippen molar-refractivity contribution in [3.8, 4) is 5.75 Å². The first kappa shape index (κ1) is 16.3. The molecular formula is C14H11ClO6S. The van der Waals surface area contributed by atoms with Gasteiger partial charge in [-0.25, -0.2) is 9.59 Å². The number of hydrogen-bond acceptors (Lipinski definition) is 7. The van der Waals surface area contributed by atoms with Crippen molar-refractivity contribution in [3.63, 3.8) is 0 Å². The van der Waals surface area contributed by atoms with Crippen molar-refractivity contribution < 1.29 is 28.6 Å². The summed E-state index contributed by atoms with van der Waals surface area (Å²) in [5, 5.41) is -0.0251. The van der Waals surface area contributed by atoms with Crippen molar-refractivity contribution in [1.82, 2.24) is 0 Å². The molecule has 0 fully saturated rings. The number of carbonyl (C=O) groups is 3. The Morgan fingerprint density at radius 1 is 1.18 bits per heavy atom. The summed E-state index contributed by atoms with van der Waals surface area (Å²) in [4.78, 5) is 34.5. The van der Waals surface area contributed by atoms with Crippen LogP contribution >= 0.6 is 22.9 Å². The Kier molecular flexibility index (Phi) is 4.99. The molecule has 1 heterocycles. The Balaban J connectivity index is 2.51. The average molecular weight is 343 g/mol. The molecule has 22 heavy (non-hydrogen) atoms. The van der Waals surface area contributed by atoms with Gasteiger partial charge in [-0.3, -0.25) is 4.79 Å². The predicted molar refractivity (Wildman–Crippen MR) is 80.9 cm³/mol. The van der Waals surface area contributed by atoms with Gasteiger partial charge in [0.05, 0.1) is 14.2 Å². The molecule has 6 nitrogen and oxygen atoms in total. The maximum Gasteiger partial charge on any atom is 0.351 e. The molecule has 0 radical (unpaired) electrons. The van der Waals surface area contributed by atoms with Gasteiger partial charge in [-0.1, -0.05) is 0 Å². The molecule has 0 aliphatic rings. The molecule has 1 aromatic heterocycles. The Labute approximate surface area is 134 Å². The maximum absolute atomic E-state index is 11.8. The summed E-state index contributed by atoms with van der Waals surface area (Å²) in [7, 11) is 2.47. The first-order chi connectivity index (χ1) is 10.5. The van der Waals surface area contributed by atoms with Crippen molar-refractivity contribution in [3.05, 3.63) is 28.6 Å². The molecule has 0 amide bonds. The smallest absolute Gasteiger partial charge is 0.351 e. The van der Waals surface area contributed by atoms with E-state index in [2.05, 4.69) is 4.74 Å². The van der Waals surface area contributed by atoms with Crippen LogP contribution in [0.3, 0.4) is 0 Å². The number of esters is 2. The third kappa shape index (κ3) is 3.20. The highest BCUT2D eigenvalue weighted by atomic mass is 35.5. The van der Waals surface area contributed by atoms with Crippen molar-refractivity contribution in [2.45, 2.75) is 0 Å². The number of benzene rings is 1. The van der Waals surface area contributed by atoms with E-state index in [4.69, 9.17) is 21.1 Å². The zero-order valence-corrected chi connectivity index (χ0v) is 13.2. The first-order valence-electron chi connectivity index (χ1n) is 6.02. The summed E-state index contributed by atoms with van der Waals surface area (Å²) in [5.41, 5.74) is 0.298. The van der Waals surface area contributed by atoms with E-state index in [9.17, 15) is 14.4 Å². The predicted octanol–water partition coefficient (Wildman–Crippen LogP) is 2.62. The summed E-state index contributed by atoms with van der Waals surface area (Å²) >= 11 is 6.53. The summed E-state index contributed by atoms with van der Waals surface area (Å²) < 4.78 is 15.2. The molecular weight excluding hydrogens is 332 g/mol. The van der Waals surface area contributed by atoms with Crippen LogP contribution in [0.1, 0.15) is 20.0 Å². The number of ether oxygens (including phenoxy) is 3. The van der Waals surface area contributed by atoms with Crippen LogP contribution in [0.5, 0.6) is 5.75 Å². The van der Waals surface area contributed by atoms with Crippen LogP contribution in [-0.2, 0) is 14.3 Å². The molecule has 0 atom stereocenters. The monoisotopic (exact) mass is 342 g/mol. The van der Waals surface area contributed by atoms with Gasteiger partial charge in [0, 0.05) is 15.6 Å². The third-order valence-electron chi connectivity index (χ3n) is 2.80. The van der Waals surface area contributed by atoms with Crippen molar-refractivity contribution >= 4 is 50.2 Å². The average Bonchev–Trinajstić information content (AvgIpc) is 2.89. The number of carbonyl (C=O) groups excluding carboxylic acids is 3. The molecule has 0 saturated heterocycles. The van der Waals surface area contributed by atoms with Gasteiger partial charge in [0.2, 0.25) is 0 Å². The normalized spacial score (nSPS) is 10.3. The summed E-state index contributed by atoms with van der Waals surface area (Å²) in [6.07, 6.45) is 0. The standard InChI is InChI=1S/C14H11ClO6S/c1-19-10(16)6-21-11-8-4-3-7(13(15)17)5-9(8)22-12(11)14(18)20-2/h3-5H,6H2,1-2H3. The number of methoxy groups -OCH3 is 2. The van der Waals surface area contributed by atoms with Gasteiger partial charge in [-0.15, -0.1) is 11.3 Å². The van der Waals surface area contributed by atoms with Crippen LogP contribution < -0.4 is 4.74 Å². The second-order valence-electron chi connectivity index (χ2n) is 4.10. The van der Waals surface area contributed by atoms with E-state index in [0.29, 0.717) is 15.6 Å². The topological polar surface area (TPSA) is 78.9 Å². The lowest BCUT2D eigenvalue weighted by Gasteiger charge is -2.06. The summed E-state index contributed by atoms with van der Waals surface area (Å²) in [6, 6.07) is 4.66. The largest absolute Gasteiger partial charge is 0.479 e. The van der Waals surface area contributed by atoms with Crippen molar-refractivity contribution in [1.29, 1.82) is 0 Å². The highest BCUT2D eigenvalue weighted by molar-refractivity contribution is 7.21. The fraction of sp³-hybridized carbons (Fsp3) is 0.214. The molecule has 0 N–H and O–H groups in total. The molecule has 1 aromatic carbocycles. The number of halogens is 1. The lowest BCUT2D eigenvalue weighted by atomic mass is 10.2. The van der Waals surface area contributed by atoms with Crippen LogP contribution in [0.4, 0.5) is 0 Å². The van der Waals surface area contributed by atoms with Crippen LogP contribution in [0, 0.1) is 0 Å². The lowest BCUT2D eigenvalue weighted by molar-refractivity contribution is -0.142. The van der Waals surface area contributed by atoms with Crippen LogP contribution in [0.15, 0.2) is 18.2 Å². The van der Waals surface area contributed by atoms with Crippen LogP contribution in [0.2, 0.25) is 0 Å². The quantitative estimate of drug-likeness (QED) is 0.614. The summed E-state index contributed by atoms with van der Waals surface area (Å²) in [6.45, 7) is -0.345. The van der Waals surface area contributed by atoms with Gasteiger partial charge in [-0.05, 0) is 29.8 Å². The number of thiophene rings is 1.